The van der Waals surface area contributed by atoms with E-state index in [0.717, 1.165) is 5.56 Å². The number of benzene rings is 1. The molecule has 0 saturated carbocycles. The van der Waals surface area contributed by atoms with Crippen LogP contribution in [0.5, 0.6) is 0 Å². The lowest BCUT2D eigenvalue weighted by molar-refractivity contribution is -0.0696. The van der Waals surface area contributed by atoms with E-state index in [0.29, 0.717) is 6.42 Å². The molecule has 2 atom stereocenters. The Labute approximate surface area is 114 Å². The first-order chi connectivity index (χ1) is 8.81. The Bertz CT molecular complexity index is 478. The van der Waals surface area contributed by atoms with Gasteiger partial charge in [-0.15, -0.1) is 0 Å². The monoisotopic (exact) mass is 288 g/mol. The summed E-state index contributed by atoms with van der Waals surface area (Å²) in [6.07, 6.45) is -0.941. The zero-order valence-electron chi connectivity index (χ0n) is 11.4. The average molecular weight is 288 g/mol. The average Bonchev–Trinajstić information content (AvgIpc) is 2.28. The van der Waals surface area contributed by atoms with Crippen molar-refractivity contribution in [1.82, 2.24) is 0 Å². The summed E-state index contributed by atoms with van der Waals surface area (Å²) in [5.74, 6) is 0. The first-order valence-corrected chi connectivity index (χ1v) is 7.51. The van der Waals surface area contributed by atoms with Crippen LogP contribution in [0.25, 0.3) is 0 Å². The highest BCUT2D eigenvalue weighted by atomic mass is 32.2. The van der Waals surface area contributed by atoms with Crippen LogP contribution in [0.1, 0.15) is 25.8 Å². The van der Waals surface area contributed by atoms with E-state index in [9.17, 15) is 8.42 Å². The molecule has 0 aliphatic rings. The lowest BCUT2D eigenvalue weighted by atomic mass is 10.2. The maximum Gasteiger partial charge on any atom is 0.299 e. The van der Waals surface area contributed by atoms with Gasteiger partial charge in [0.05, 0.1) is 17.6 Å². The summed E-state index contributed by atoms with van der Waals surface area (Å²) in [4.78, 5) is 0.101. The van der Waals surface area contributed by atoms with Crippen molar-refractivity contribution in [3.05, 3.63) is 29.8 Å². The van der Waals surface area contributed by atoms with Crippen LogP contribution >= 0.6 is 0 Å². The van der Waals surface area contributed by atoms with Crippen molar-refractivity contribution in [2.24, 2.45) is 0 Å². The Kier molecular flexibility index (Phi) is 5.93. The van der Waals surface area contributed by atoms with E-state index in [4.69, 9.17) is 14.0 Å². The maximum absolute atomic E-state index is 11.9. The molecule has 1 aromatic rings. The third-order valence-corrected chi connectivity index (χ3v) is 3.83. The fourth-order valence-corrected chi connectivity index (χ4v) is 2.36. The Morgan fingerprint density at radius 3 is 2.32 bits per heavy atom. The van der Waals surface area contributed by atoms with Crippen LogP contribution in [0.15, 0.2) is 29.2 Å². The minimum absolute atomic E-state index is 0.101. The first-order valence-electron chi connectivity index (χ1n) is 6.11. The van der Waals surface area contributed by atoms with Gasteiger partial charge in [-0.2, -0.15) is 8.42 Å². The predicted molar refractivity (Wildman–Crippen MR) is 71.2 cm³/mol. The molecule has 0 fully saturated rings. The molecule has 19 heavy (non-hydrogen) atoms. The largest absolute Gasteiger partial charge is 0.393 e. The molecule has 0 spiro atoms. The van der Waals surface area contributed by atoms with Gasteiger partial charge in [-0.05, 0) is 39.3 Å². The van der Waals surface area contributed by atoms with Crippen LogP contribution in [-0.4, -0.2) is 32.5 Å². The van der Waals surface area contributed by atoms with E-state index in [1.165, 1.54) is 19.1 Å². The van der Waals surface area contributed by atoms with E-state index < -0.39 is 22.5 Å². The van der Waals surface area contributed by atoms with Gasteiger partial charge < -0.3 is 9.84 Å². The molecule has 6 heteroatoms. The highest BCUT2D eigenvalue weighted by molar-refractivity contribution is 7.86. The van der Waals surface area contributed by atoms with E-state index in [1.54, 1.807) is 19.1 Å². The number of ether oxygens (including phenoxy) is 1. The summed E-state index contributed by atoms with van der Waals surface area (Å²) in [5.41, 5.74) is 0.972. The second-order valence-electron chi connectivity index (χ2n) is 4.44. The minimum Gasteiger partial charge on any atom is -0.393 e. The number of hydrogen-bond donors (Lipinski definition) is 1. The van der Waals surface area contributed by atoms with Gasteiger partial charge in [0, 0.05) is 0 Å². The second kappa shape index (κ2) is 7.00. The molecule has 108 valence electrons. The van der Waals surface area contributed by atoms with Crippen molar-refractivity contribution in [2.75, 3.05) is 6.61 Å². The third kappa shape index (κ3) is 5.69. The van der Waals surface area contributed by atoms with Crippen molar-refractivity contribution in [3.8, 4) is 0 Å². The zero-order chi connectivity index (χ0) is 14.5. The smallest absolute Gasteiger partial charge is 0.299 e. The molecule has 0 bridgehead atoms. The molecule has 0 radical (unpaired) electrons. The van der Waals surface area contributed by atoms with Crippen LogP contribution in [0.2, 0.25) is 0 Å². The number of aryl methyl sites for hydroxylation is 1. The molecule has 0 heterocycles. The van der Waals surface area contributed by atoms with Gasteiger partial charge in [-0.1, -0.05) is 17.7 Å². The number of aliphatic hydroxyl groups is 1. The van der Waals surface area contributed by atoms with Crippen LogP contribution < -0.4 is 0 Å². The van der Waals surface area contributed by atoms with Crippen LogP contribution in [0.4, 0.5) is 0 Å². The van der Waals surface area contributed by atoms with Gasteiger partial charge in [0.15, 0.2) is 6.29 Å². The molecular formula is C13H20O5S. The van der Waals surface area contributed by atoms with Gasteiger partial charge >= 0.3 is 0 Å². The second-order valence-corrected chi connectivity index (χ2v) is 6.01. The molecule has 1 rings (SSSR count). The van der Waals surface area contributed by atoms with Crippen molar-refractivity contribution in [1.29, 1.82) is 0 Å². The highest BCUT2D eigenvalue weighted by Crippen LogP contribution is 2.15. The Morgan fingerprint density at radius 1 is 1.21 bits per heavy atom. The molecule has 0 amide bonds. The lowest BCUT2D eigenvalue weighted by Gasteiger charge is -2.14. The number of aliphatic hydroxyl groups excluding tert-OH is 1. The molecule has 0 aliphatic heterocycles. The molecule has 1 aromatic carbocycles. The maximum atomic E-state index is 11.9. The fourth-order valence-electron chi connectivity index (χ4n) is 1.37. The van der Waals surface area contributed by atoms with Crippen molar-refractivity contribution >= 4 is 10.1 Å². The third-order valence-electron chi connectivity index (χ3n) is 2.46. The lowest BCUT2D eigenvalue weighted by Crippen LogP contribution is -2.20. The van der Waals surface area contributed by atoms with Gasteiger partial charge in [0.25, 0.3) is 10.1 Å². The summed E-state index contributed by atoms with van der Waals surface area (Å²) in [5, 5.41) is 9.06. The Morgan fingerprint density at radius 2 is 1.79 bits per heavy atom. The molecule has 5 nitrogen and oxygen atoms in total. The topological polar surface area (TPSA) is 72.8 Å². The highest BCUT2D eigenvalue weighted by Gasteiger charge is 2.19. The van der Waals surface area contributed by atoms with Gasteiger partial charge in [-0.25, -0.2) is 4.18 Å². The van der Waals surface area contributed by atoms with Crippen LogP contribution in [0.3, 0.4) is 0 Å². The van der Waals surface area contributed by atoms with Crippen molar-refractivity contribution in [3.63, 3.8) is 0 Å². The van der Waals surface area contributed by atoms with Gasteiger partial charge in [-0.3, -0.25) is 0 Å². The van der Waals surface area contributed by atoms with Gasteiger partial charge in [0.2, 0.25) is 0 Å². The van der Waals surface area contributed by atoms with E-state index in [1.807, 2.05) is 6.92 Å². The minimum atomic E-state index is -3.81. The number of rotatable bonds is 7. The Hall–Kier alpha value is -0.950. The standard InChI is InChI=1S/C13H20O5S/c1-10-4-6-13(7-5-10)19(15,16)18-12(3)17-9-8-11(2)14/h4-7,11-12,14H,8-9H2,1-3H3. The summed E-state index contributed by atoms with van der Waals surface area (Å²) in [6.45, 7) is 5.26. The summed E-state index contributed by atoms with van der Waals surface area (Å²) in [7, 11) is -3.81. The van der Waals surface area contributed by atoms with Crippen LogP contribution in [-0.2, 0) is 19.0 Å². The summed E-state index contributed by atoms with van der Waals surface area (Å²) < 4.78 is 33.9. The van der Waals surface area contributed by atoms with Crippen molar-refractivity contribution < 1.29 is 22.4 Å². The zero-order valence-corrected chi connectivity index (χ0v) is 12.2. The van der Waals surface area contributed by atoms with E-state index >= 15 is 0 Å². The molecule has 1 N–H and O–H groups in total. The first kappa shape index (κ1) is 16.1. The van der Waals surface area contributed by atoms with Crippen molar-refractivity contribution in [2.45, 2.75) is 44.5 Å². The summed E-state index contributed by atoms with van der Waals surface area (Å²) in [6, 6.07) is 6.39. The normalized spacial score (nSPS) is 15.2. The van der Waals surface area contributed by atoms with E-state index in [2.05, 4.69) is 0 Å². The molecule has 0 aliphatic carbocycles. The van der Waals surface area contributed by atoms with E-state index in [-0.39, 0.29) is 11.5 Å². The number of hydrogen-bond acceptors (Lipinski definition) is 5. The molecule has 0 aromatic heterocycles. The molecular weight excluding hydrogens is 268 g/mol. The molecule has 0 saturated heterocycles. The predicted octanol–water partition coefficient (Wildman–Crippen LogP) is 1.83. The fraction of sp³-hybridized carbons (Fsp3) is 0.538. The van der Waals surface area contributed by atoms with Gasteiger partial charge in [0.1, 0.15) is 0 Å². The summed E-state index contributed by atoms with van der Waals surface area (Å²) >= 11 is 0. The quantitative estimate of drug-likeness (QED) is 0.612. The molecule has 2 unspecified atom stereocenters. The Balaban J connectivity index is 2.57. The SMILES string of the molecule is Cc1ccc(S(=O)(=O)OC(C)OCCC(C)O)cc1. The van der Waals surface area contributed by atoms with Crippen LogP contribution in [0, 0.1) is 6.92 Å².